The predicted molar refractivity (Wildman–Crippen MR) is 88.5 cm³/mol. The Balaban J connectivity index is 2.02. The maximum absolute atomic E-state index is 4.49. The minimum absolute atomic E-state index is 0.522. The summed E-state index contributed by atoms with van der Waals surface area (Å²) in [6, 6.07) is 11.3. The van der Waals surface area contributed by atoms with Gasteiger partial charge in [-0.25, -0.2) is 4.98 Å². The zero-order chi connectivity index (χ0) is 15.1. The van der Waals surface area contributed by atoms with E-state index in [1.807, 2.05) is 6.20 Å². The topological polar surface area (TPSA) is 29.9 Å². The highest BCUT2D eigenvalue weighted by molar-refractivity contribution is 5.20. The monoisotopic (exact) mass is 285 g/mol. The lowest BCUT2D eigenvalue weighted by molar-refractivity contribution is 0.500. The van der Waals surface area contributed by atoms with Gasteiger partial charge in [0.1, 0.15) is 5.82 Å². The second kappa shape index (κ2) is 7.99. The molecule has 0 fully saturated rings. The van der Waals surface area contributed by atoms with E-state index in [0.717, 1.165) is 25.9 Å². The first-order valence-electron chi connectivity index (χ1n) is 7.99. The van der Waals surface area contributed by atoms with Gasteiger partial charge in [0, 0.05) is 37.9 Å². The van der Waals surface area contributed by atoms with Gasteiger partial charge in [0.2, 0.25) is 0 Å². The number of hydrogen-bond acceptors (Lipinski definition) is 2. The molecule has 1 atom stereocenters. The van der Waals surface area contributed by atoms with E-state index in [9.17, 15) is 0 Å². The molecule has 0 aliphatic heterocycles. The van der Waals surface area contributed by atoms with Crippen molar-refractivity contribution in [1.29, 1.82) is 0 Å². The van der Waals surface area contributed by atoms with Crippen molar-refractivity contribution >= 4 is 0 Å². The van der Waals surface area contributed by atoms with Gasteiger partial charge in [0.05, 0.1) is 0 Å². The molecule has 2 aromatic rings. The van der Waals surface area contributed by atoms with Gasteiger partial charge < -0.3 is 9.88 Å². The molecule has 1 aromatic heterocycles. The van der Waals surface area contributed by atoms with E-state index in [2.05, 4.69) is 72.2 Å². The third-order valence-electron chi connectivity index (χ3n) is 3.90. The number of nitrogens with one attached hydrogen (secondary N) is 1. The quantitative estimate of drug-likeness (QED) is 0.803. The van der Waals surface area contributed by atoms with E-state index in [1.165, 1.54) is 11.4 Å². The number of imidazole rings is 1. The summed E-state index contributed by atoms with van der Waals surface area (Å²) in [5.41, 5.74) is 1.42. The second-order valence-corrected chi connectivity index (χ2v) is 5.84. The maximum Gasteiger partial charge on any atom is 0.108 e. The fraction of sp³-hybridized carbons (Fsp3) is 0.500. The van der Waals surface area contributed by atoms with Crippen LogP contribution in [0.1, 0.15) is 44.5 Å². The summed E-state index contributed by atoms with van der Waals surface area (Å²) in [6.07, 6.45) is 6.13. The van der Waals surface area contributed by atoms with Crippen molar-refractivity contribution in [3.63, 3.8) is 0 Å². The van der Waals surface area contributed by atoms with Crippen LogP contribution < -0.4 is 5.32 Å². The van der Waals surface area contributed by atoms with Gasteiger partial charge >= 0.3 is 0 Å². The predicted octanol–water partition coefficient (Wildman–Crippen LogP) is 3.62. The number of aromatic nitrogens is 2. The summed E-state index contributed by atoms with van der Waals surface area (Å²) >= 11 is 0. The Kier molecular flexibility index (Phi) is 6.00. The molecule has 0 aliphatic rings. The molecule has 114 valence electrons. The molecule has 3 heteroatoms. The van der Waals surface area contributed by atoms with E-state index in [-0.39, 0.29) is 0 Å². The normalized spacial score (nSPS) is 12.8. The minimum atomic E-state index is 0.522. The van der Waals surface area contributed by atoms with Crippen LogP contribution in [0.3, 0.4) is 0 Å². The highest BCUT2D eigenvalue weighted by Crippen LogP contribution is 2.21. The third kappa shape index (κ3) is 4.71. The molecule has 0 amide bonds. The number of rotatable bonds is 8. The maximum atomic E-state index is 4.49. The molecule has 0 spiro atoms. The van der Waals surface area contributed by atoms with Crippen LogP contribution in [-0.4, -0.2) is 22.1 Å². The van der Waals surface area contributed by atoms with Crippen LogP contribution in [0.4, 0.5) is 0 Å². The zero-order valence-electron chi connectivity index (χ0n) is 13.4. The summed E-state index contributed by atoms with van der Waals surface area (Å²) in [4.78, 5) is 4.49. The molecule has 0 bridgehead atoms. The molecule has 0 saturated heterocycles. The molecule has 21 heavy (non-hydrogen) atoms. The van der Waals surface area contributed by atoms with E-state index in [0.29, 0.717) is 12.0 Å². The lowest BCUT2D eigenvalue weighted by Crippen LogP contribution is -2.28. The van der Waals surface area contributed by atoms with E-state index in [1.54, 1.807) is 0 Å². The van der Waals surface area contributed by atoms with Crippen LogP contribution in [0.5, 0.6) is 0 Å². The molecule has 1 aromatic carbocycles. The van der Waals surface area contributed by atoms with Crippen molar-refractivity contribution in [2.24, 2.45) is 0 Å². The average molecular weight is 285 g/mol. The number of benzene rings is 1. The van der Waals surface area contributed by atoms with Crippen LogP contribution in [0.25, 0.3) is 0 Å². The van der Waals surface area contributed by atoms with Crippen LogP contribution in [0, 0.1) is 0 Å². The Morgan fingerprint density at radius 3 is 2.62 bits per heavy atom. The molecule has 0 saturated carbocycles. The smallest absolute Gasteiger partial charge is 0.108 e. The van der Waals surface area contributed by atoms with Gasteiger partial charge in [-0.05, 0) is 24.8 Å². The van der Waals surface area contributed by atoms with E-state index >= 15 is 0 Å². The lowest BCUT2D eigenvalue weighted by Gasteiger charge is -2.20. The van der Waals surface area contributed by atoms with Gasteiger partial charge in [0.15, 0.2) is 0 Å². The lowest BCUT2D eigenvalue weighted by atomic mass is 9.93. The van der Waals surface area contributed by atoms with Gasteiger partial charge in [0.25, 0.3) is 0 Å². The molecule has 2 rings (SSSR count). The fourth-order valence-electron chi connectivity index (χ4n) is 2.65. The summed E-state index contributed by atoms with van der Waals surface area (Å²) in [5.74, 6) is 1.73. The summed E-state index contributed by atoms with van der Waals surface area (Å²) in [6.45, 7) is 8.59. The Labute approximate surface area is 128 Å². The Morgan fingerprint density at radius 1 is 1.19 bits per heavy atom. The standard InChI is InChI=1S/C18H27N3/c1-4-21-13-12-19-18(21)11-10-17(14-20-15(2)3)16-8-6-5-7-9-16/h5-9,12-13,15,17,20H,4,10-11,14H2,1-3H3. The van der Waals surface area contributed by atoms with Crippen molar-refractivity contribution < 1.29 is 0 Å². The van der Waals surface area contributed by atoms with Crippen molar-refractivity contribution in [3.05, 3.63) is 54.1 Å². The van der Waals surface area contributed by atoms with Crippen LogP contribution in [0.15, 0.2) is 42.7 Å². The molecule has 0 aliphatic carbocycles. The highest BCUT2D eigenvalue weighted by Gasteiger charge is 2.13. The molecule has 0 radical (unpaired) electrons. The van der Waals surface area contributed by atoms with Crippen molar-refractivity contribution in [3.8, 4) is 0 Å². The molecule has 1 N–H and O–H groups in total. The van der Waals surface area contributed by atoms with Crippen molar-refractivity contribution in [2.75, 3.05) is 6.54 Å². The Bertz CT molecular complexity index is 516. The first kappa shape index (κ1) is 15.8. The average Bonchev–Trinajstić information content (AvgIpc) is 2.95. The second-order valence-electron chi connectivity index (χ2n) is 5.84. The third-order valence-corrected chi connectivity index (χ3v) is 3.90. The Hall–Kier alpha value is -1.61. The number of nitrogens with zero attached hydrogens (tertiary/aromatic N) is 2. The van der Waals surface area contributed by atoms with Crippen LogP contribution >= 0.6 is 0 Å². The summed E-state index contributed by atoms with van der Waals surface area (Å²) < 4.78 is 2.23. The fourth-order valence-corrected chi connectivity index (χ4v) is 2.65. The molecular weight excluding hydrogens is 258 g/mol. The Morgan fingerprint density at radius 2 is 1.95 bits per heavy atom. The van der Waals surface area contributed by atoms with Gasteiger partial charge in [-0.1, -0.05) is 44.2 Å². The zero-order valence-corrected chi connectivity index (χ0v) is 13.4. The largest absolute Gasteiger partial charge is 0.335 e. The highest BCUT2D eigenvalue weighted by atomic mass is 15.0. The van der Waals surface area contributed by atoms with E-state index < -0.39 is 0 Å². The number of hydrogen-bond donors (Lipinski definition) is 1. The minimum Gasteiger partial charge on any atom is -0.335 e. The SMILES string of the molecule is CCn1ccnc1CCC(CNC(C)C)c1ccccc1. The summed E-state index contributed by atoms with van der Waals surface area (Å²) in [5, 5.41) is 3.58. The summed E-state index contributed by atoms with van der Waals surface area (Å²) in [7, 11) is 0. The van der Waals surface area contributed by atoms with Gasteiger partial charge in [-0.15, -0.1) is 0 Å². The van der Waals surface area contributed by atoms with Gasteiger partial charge in [-0.3, -0.25) is 0 Å². The van der Waals surface area contributed by atoms with Crippen molar-refractivity contribution in [2.45, 2.75) is 52.1 Å². The molecule has 3 nitrogen and oxygen atoms in total. The molecule has 1 unspecified atom stereocenters. The first-order chi connectivity index (χ1) is 10.2. The molecular formula is C18H27N3. The van der Waals surface area contributed by atoms with E-state index in [4.69, 9.17) is 0 Å². The van der Waals surface area contributed by atoms with Crippen LogP contribution in [-0.2, 0) is 13.0 Å². The number of aryl methyl sites for hydroxylation is 2. The van der Waals surface area contributed by atoms with Gasteiger partial charge in [-0.2, -0.15) is 0 Å². The van der Waals surface area contributed by atoms with Crippen molar-refractivity contribution in [1.82, 2.24) is 14.9 Å². The molecule has 1 heterocycles. The first-order valence-corrected chi connectivity index (χ1v) is 7.99. The van der Waals surface area contributed by atoms with Crippen LogP contribution in [0.2, 0.25) is 0 Å².